The number of fused-ring (bicyclic) bond motifs is 1. The predicted molar refractivity (Wildman–Crippen MR) is 113 cm³/mol. The molecule has 152 valence electrons. The van der Waals surface area contributed by atoms with Gasteiger partial charge in [-0.3, -0.25) is 14.2 Å². The van der Waals surface area contributed by atoms with Crippen LogP contribution in [0.1, 0.15) is 45.4 Å². The number of hydrogen-bond acceptors (Lipinski definition) is 5. The first kappa shape index (κ1) is 20.9. The summed E-state index contributed by atoms with van der Waals surface area (Å²) in [7, 11) is 0. The van der Waals surface area contributed by atoms with Crippen LogP contribution in [-0.4, -0.2) is 40.5 Å². The number of nitrogens with one attached hydrogen (secondary N) is 1. The Labute approximate surface area is 170 Å². The number of para-hydroxylation sites is 1. The Balaban J connectivity index is 1.68. The molecule has 7 heteroatoms. The molecule has 3 rings (SSSR count). The molecule has 1 aromatic heterocycles. The molecule has 0 bridgehead atoms. The number of benzene rings is 1. The van der Waals surface area contributed by atoms with Crippen molar-refractivity contribution in [3.05, 3.63) is 34.6 Å². The number of carbonyl (C=O) groups is 1. The van der Waals surface area contributed by atoms with Gasteiger partial charge in [0.2, 0.25) is 5.91 Å². The summed E-state index contributed by atoms with van der Waals surface area (Å²) in [5.74, 6) is 0.187. The normalized spacial score (nSPS) is 16.5. The zero-order valence-corrected chi connectivity index (χ0v) is 17.3. The van der Waals surface area contributed by atoms with Crippen LogP contribution in [0.25, 0.3) is 10.9 Å². The van der Waals surface area contributed by atoms with E-state index in [-0.39, 0.29) is 23.3 Å². The van der Waals surface area contributed by atoms with Gasteiger partial charge in [0.25, 0.3) is 5.56 Å². The minimum absolute atomic E-state index is 0.0237. The lowest BCUT2D eigenvalue weighted by Crippen LogP contribution is -2.33. The number of ether oxygens (including phenoxy) is 1. The van der Waals surface area contributed by atoms with Gasteiger partial charge < -0.3 is 10.1 Å². The summed E-state index contributed by atoms with van der Waals surface area (Å²) in [6.45, 7) is 4.13. The van der Waals surface area contributed by atoms with Crippen molar-refractivity contribution >= 4 is 28.6 Å². The van der Waals surface area contributed by atoms with Crippen molar-refractivity contribution in [3.8, 4) is 0 Å². The van der Waals surface area contributed by atoms with Gasteiger partial charge >= 0.3 is 0 Å². The van der Waals surface area contributed by atoms with Gasteiger partial charge in [-0.25, -0.2) is 4.98 Å². The van der Waals surface area contributed by atoms with Gasteiger partial charge in [-0.05, 0) is 31.4 Å². The van der Waals surface area contributed by atoms with E-state index in [0.29, 0.717) is 29.1 Å². The molecular formula is C21H29N3O3S. The van der Waals surface area contributed by atoms with Crippen molar-refractivity contribution in [1.29, 1.82) is 0 Å². The van der Waals surface area contributed by atoms with Crippen LogP contribution < -0.4 is 10.9 Å². The van der Waals surface area contributed by atoms with Gasteiger partial charge in [0.1, 0.15) is 0 Å². The summed E-state index contributed by atoms with van der Waals surface area (Å²) in [6, 6.07) is 7.40. The van der Waals surface area contributed by atoms with E-state index < -0.39 is 0 Å². The highest BCUT2D eigenvalue weighted by Crippen LogP contribution is 2.19. The van der Waals surface area contributed by atoms with E-state index in [1.54, 1.807) is 4.57 Å². The van der Waals surface area contributed by atoms with Crippen molar-refractivity contribution in [2.45, 2.75) is 63.3 Å². The monoisotopic (exact) mass is 403 g/mol. The third kappa shape index (κ3) is 5.58. The maximum absolute atomic E-state index is 12.9. The molecule has 1 saturated heterocycles. The third-order valence-corrected chi connectivity index (χ3v) is 5.92. The highest BCUT2D eigenvalue weighted by molar-refractivity contribution is 7.99. The summed E-state index contributed by atoms with van der Waals surface area (Å²) in [5, 5.41) is 4.17. The van der Waals surface area contributed by atoms with Crippen molar-refractivity contribution < 1.29 is 9.53 Å². The average Bonchev–Trinajstić information content (AvgIpc) is 3.23. The van der Waals surface area contributed by atoms with Crippen molar-refractivity contribution in [2.24, 2.45) is 0 Å². The molecule has 1 unspecified atom stereocenters. The largest absolute Gasteiger partial charge is 0.376 e. The first-order valence-electron chi connectivity index (χ1n) is 10.2. The maximum atomic E-state index is 12.9. The SMILES string of the molecule is CCCCCCn1c(SCC(=O)NCC2CCCO2)nc2ccccc2c1=O. The van der Waals surface area contributed by atoms with Crippen LogP contribution in [0.3, 0.4) is 0 Å². The van der Waals surface area contributed by atoms with Crippen LogP contribution in [0, 0.1) is 0 Å². The molecule has 1 N–H and O–H groups in total. The van der Waals surface area contributed by atoms with Gasteiger partial charge in [0.15, 0.2) is 5.16 Å². The lowest BCUT2D eigenvalue weighted by molar-refractivity contribution is -0.119. The summed E-state index contributed by atoms with van der Waals surface area (Å²) >= 11 is 1.33. The zero-order chi connectivity index (χ0) is 19.8. The molecule has 6 nitrogen and oxygen atoms in total. The van der Waals surface area contributed by atoms with Crippen molar-refractivity contribution in [1.82, 2.24) is 14.9 Å². The number of hydrogen-bond donors (Lipinski definition) is 1. The van der Waals surface area contributed by atoms with Gasteiger partial charge in [-0.15, -0.1) is 0 Å². The number of amides is 1. The smallest absolute Gasteiger partial charge is 0.262 e. The van der Waals surface area contributed by atoms with E-state index in [1.165, 1.54) is 11.8 Å². The molecule has 2 heterocycles. The standard InChI is InChI=1S/C21H29N3O3S/c1-2-3-4-7-12-24-20(26)17-10-5-6-11-18(17)23-21(24)28-15-19(25)22-14-16-9-8-13-27-16/h5-6,10-11,16H,2-4,7-9,12-15H2,1H3,(H,22,25). The second kappa shape index (κ2) is 10.6. The molecule has 1 atom stereocenters. The Kier molecular flexibility index (Phi) is 7.91. The molecule has 1 aliphatic rings. The lowest BCUT2D eigenvalue weighted by atomic mass is 10.2. The molecule has 0 radical (unpaired) electrons. The van der Waals surface area contributed by atoms with Crippen LogP contribution in [0.4, 0.5) is 0 Å². The first-order valence-corrected chi connectivity index (χ1v) is 11.2. The Morgan fingerprint density at radius 2 is 2.18 bits per heavy atom. The maximum Gasteiger partial charge on any atom is 0.262 e. The van der Waals surface area contributed by atoms with Gasteiger partial charge in [0.05, 0.1) is 22.8 Å². The number of aromatic nitrogens is 2. The van der Waals surface area contributed by atoms with Crippen LogP contribution in [0.2, 0.25) is 0 Å². The van der Waals surface area contributed by atoms with Crippen LogP contribution in [-0.2, 0) is 16.1 Å². The zero-order valence-electron chi connectivity index (χ0n) is 16.5. The van der Waals surface area contributed by atoms with E-state index in [1.807, 2.05) is 24.3 Å². The fourth-order valence-corrected chi connectivity index (χ4v) is 4.22. The summed E-state index contributed by atoms with van der Waals surface area (Å²) < 4.78 is 7.27. The van der Waals surface area contributed by atoms with E-state index >= 15 is 0 Å². The predicted octanol–water partition coefficient (Wildman–Crippen LogP) is 3.36. The van der Waals surface area contributed by atoms with Crippen molar-refractivity contribution in [3.63, 3.8) is 0 Å². The molecule has 2 aromatic rings. The fraction of sp³-hybridized carbons (Fsp3) is 0.571. The number of carbonyl (C=O) groups excluding carboxylic acids is 1. The number of nitrogens with zero attached hydrogens (tertiary/aromatic N) is 2. The molecule has 1 fully saturated rings. The average molecular weight is 404 g/mol. The second-order valence-electron chi connectivity index (χ2n) is 7.16. The summed E-state index contributed by atoms with van der Waals surface area (Å²) in [4.78, 5) is 29.8. The van der Waals surface area contributed by atoms with E-state index in [2.05, 4.69) is 17.2 Å². The molecule has 0 aliphatic carbocycles. The Hall–Kier alpha value is -1.86. The minimum atomic E-state index is -0.0551. The Morgan fingerprint density at radius 3 is 2.96 bits per heavy atom. The van der Waals surface area contributed by atoms with Crippen LogP contribution >= 0.6 is 11.8 Å². The number of thioether (sulfide) groups is 1. The van der Waals surface area contributed by atoms with Crippen LogP contribution in [0.5, 0.6) is 0 Å². The van der Waals surface area contributed by atoms with Crippen LogP contribution in [0.15, 0.2) is 34.2 Å². The molecular weight excluding hydrogens is 374 g/mol. The van der Waals surface area contributed by atoms with E-state index in [4.69, 9.17) is 4.74 Å². The third-order valence-electron chi connectivity index (χ3n) is 4.95. The molecule has 1 aromatic carbocycles. The molecule has 1 aliphatic heterocycles. The number of rotatable bonds is 10. The molecule has 0 spiro atoms. The van der Waals surface area contributed by atoms with Gasteiger partial charge in [-0.2, -0.15) is 0 Å². The second-order valence-corrected chi connectivity index (χ2v) is 8.10. The summed E-state index contributed by atoms with van der Waals surface area (Å²) in [5.41, 5.74) is 0.656. The fourth-order valence-electron chi connectivity index (χ4n) is 3.37. The quantitative estimate of drug-likeness (QED) is 0.374. The van der Waals surface area contributed by atoms with Crippen molar-refractivity contribution in [2.75, 3.05) is 18.9 Å². The summed E-state index contributed by atoms with van der Waals surface area (Å²) in [6.07, 6.45) is 6.51. The topological polar surface area (TPSA) is 73.2 Å². The number of unbranched alkanes of at least 4 members (excludes halogenated alkanes) is 3. The minimum Gasteiger partial charge on any atom is -0.376 e. The highest BCUT2D eigenvalue weighted by Gasteiger charge is 2.17. The van der Waals surface area contributed by atoms with Gasteiger partial charge in [0, 0.05) is 19.7 Å². The molecule has 0 saturated carbocycles. The Morgan fingerprint density at radius 1 is 1.32 bits per heavy atom. The Bertz CT molecular complexity index is 846. The molecule has 28 heavy (non-hydrogen) atoms. The van der Waals surface area contributed by atoms with E-state index in [9.17, 15) is 9.59 Å². The highest BCUT2D eigenvalue weighted by atomic mass is 32.2. The lowest BCUT2D eigenvalue weighted by Gasteiger charge is -2.14. The van der Waals surface area contributed by atoms with E-state index in [0.717, 1.165) is 45.1 Å². The van der Waals surface area contributed by atoms with Gasteiger partial charge in [-0.1, -0.05) is 50.1 Å². The molecule has 1 amide bonds. The first-order chi connectivity index (χ1) is 13.7.